The van der Waals surface area contributed by atoms with E-state index in [-0.39, 0.29) is 22.3 Å². The van der Waals surface area contributed by atoms with Crippen LogP contribution in [0.25, 0.3) is 0 Å². The van der Waals surface area contributed by atoms with Gasteiger partial charge in [0.15, 0.2) is 18.9 Å². The molecule has 0 radical (unpaired) electrons. The highest BCUT2D eigenvalue weighted by atomic mass is 79.9. The van der Waals surface area contributed by atoms with Crippen molar-refractivity contribution in [2.75, 3.05) is 11.1 Å². The Morgan fingerprint density at radius 3 is 2.77 bits per heavy atom. The van der Waals surface area contributed by atoms with E-state index in [0.29, 0.717) is 17.9 Å². The molecule has 2 amide bonds. The second-order valence-electron chi connectivity index (χ2n) is 5.74. The predicted octanol–water partition coefficient (Wildman–Crippen LogP) is 0.664. The molecule has 1 aromatic rings. The zero-order valence-corrected chi connectivity index (χ0v) is 16.1. The van der Waals surface area contributed by atoms with Crippen molar-refractivity contribution in [3.05, 3.63) is 54.0 Å². The summed E-state index contributed by atoms with van der Waals surface area (Å²) in [6, 6.07) is 5.07. The van der Waals surface area contributed by atoms with Gasteiger partial charge in [0.05, 0.1) is 5.33 Å². The standard InChI is InChI=1S/C17H16BrN3O4S/c18-9-12(22)19-13-15(23)21-14(17(24)25)11(10-26-16(13)21)5-4-8-20-6-2-1-3-7-20/h1-7,13,16H,8-10H2,(H-,19,22,24,25)/p+1/b5-4+/t13-,16-/m1/s1. The third-order valence-electron chi connectivity index (χ3n) is 4.05. The molecule has 1 saturated heterocycles. The number of aromatic nitrogens is 1. The summed E-state index contributed by atoms with van der Waals surface area (Å²) in [6.45, 7) is 0.600. The van der Waals surface area contributed by atoms with E-state index in [1.54, 1.807) is 6.08 Å². The molecular formula is C17H17BrN3O4S+. The van der Waals surface area contributed by atoms with Gasteiger partial charge in [0.2, 0.25) is 5.91 Å². The Bertz CT molecular complexity index is 796. The van der Waals surface area contributed by atoms with Crippen molar-refractivity contribution in [2.45, 2.75) is 18.0 Å². The second-order valence-corrected chi connectivity index (χ2v) is 7.41. The minimum atomic E-state index is -1.14. The average Bonchev–Trinajstić information content (AvgIpc) is 2.65. The van der Waals surface area contributed by atoms with E-state index in [1.165, 1.54) is 16.7 Å². The number of thioether (sulfide) groups is 1. The number of aliphatic carboxylic acids is 1. The first-order valence-electron chi connectivity index (χ1n) is 7.90. The van der Waals surface area contributed by atoms with E-state index in [0.717, 1.165) is 0 Å². The number of rotatable bonds is 6. The lowest BCUT2D eigenvalue weighted by Crippen LogP contribution is -2.70. The Kier molecular flexibility index (Phi) is 5.77. The first-order valence-corrected chi connectivity index (χ1v) is 10.1. The SMILES string of the molecule is O=C(CBr)N[C@@H]1C(=O)N2C(C(=O)O)=C(/C=C/C[n+]3ccccc3)CS[C@H]12. The van der Waals surface area contributed by atoms with Crippen LogP contribution in [0.2, 0.25) is 0 Å². The lowest BCUT2D eigenvalue weighted by atomic mass is 10.0. The fourth-order valence-corrected chi connectivity index (χ4v) is 4.34. The second kappa shape index (κ2) is 8.05. The van der Waals surface area contributed by atoms with Crippen LogP contribution in [0.15, 0.2) is 54.0 Å². The highest BCUT2D eigenvalue weighted by Crippen LogP contribution is 2.40. The molecule has 0 spiro atoms. The van der Waals surface area contributed by atoms with Crippen molar-refractivity contribution >= 4 is 45.5 Å². The number of fused-ring (bicyclic) bond motifs is 1. The van der Waals surface area contributed by atoms with Gasteiger partial charge in [-0.2, -0.15) is 0 Å². The van der Waals surface area contributed by atoms with Gasteiger partial charge in [-0.15, -0.1) is 11.8 Å². The summed E-state index contributed by atoms with van der Waals surface area (Å²) in [6.07, 6.45) is 7.45. The summed E-state index contributed by atoms with van der Waals surface area (Å²) in [4.78, 5) is 36.9. The fourth-order valence-electron chi connectivity index (χ4n) is 2.86. The van der Waals surface area contributed by atoms with E-state index in [4.69, 9.17) is 0 Å². The van der Waals surface area contributed by atoms with Gasteiger partial charge in [-0.1, -0.05) is 28.1 Å². The molecule has 2 aliphatic rings. The molecular weight excluding hydrogens is 422 g/mol. The number of carbonyl (C=O) groups is 3. The molecule has 0 bridgehead atoms. The van der Waals surface area contributed by atoms with Crippen LogP contribution in [-0.4, -0.2) is 50.3 Å². The number of nitrogens with zero attached hydrogens (tertiary/aromatic N) is 2. The molecule has 1 aromatic heterocycles. The van der Waals surface area contributed by atoms with Crippen LogP contribution in [-0.2, 0) is 20.9 Å². The van der Waals surface area contributed by atoms with Gasteiger partial charge < -0.3 is 10.4 Å². The maximum Gasteiger partial charge on any atom is 0.352 e. The van der Waals surface area contributed by atoms with E-state index >= 15 is 0 Å². The molecule has 7 nitrogen and oxygen atoms in total. The fraction of sp³-hybridized carbons (Fsp3) is 0.294. The van der Waals surface area contributed by atoms with Crippen LogP contribution in [0.1, 0.15) is 0 Å². The first kappa shape index (κ1) is 18.7. The van der Waals surface area contributed by atoms with Crippen LogP contribution in [0, 0.1) is 0 Å². The molecule has 0 aliphatic carbocycles. The third-order valence-corrected chi connectivity index (χ3v) is 5.86. The van der Waals surface area contributed by atoms with Gasteiger partial charge >= 0.3 is 5.97 Å². The number of pyridine rings is 1. The number of allylic oxidation sites excluding steroid dienone is 2. The number of amides is 2. The Labute approximate surface area is 162 Å². The largest absolute Gasteiger partial charge is 0.477 e. The van der Waals surface area contributed by atoms with Crippen LogP contribution in [0.4, 0.5) is 0 Å². The number of nitrogens with one attached hydrogen (secondary N) is 1. The monoisotopic (exact) mass is 438 g/mol. The van der Waals surface area contributed by atoms with Gasteiger partial charge in [0, 0.05) is 17.9 Å². The summed E-state index contributed by atoms with van der Waals surface area (Å²) in [5, 5.41) is 11.9. The summed E-state index contributed by atoms with van der Waals surface area (Å²) in [7, 11) is 0. The van der Waals surface area contributed by atoms with Gasteiger partial charge in [-0.25, -0.2) is 9.36 Å². The Morgan fingerprint density at radius 1 is 1.38 bits per heavy atom. The summed E-state index contributed by atoms with van der Waals surface area (Å²) in [5.74, 6) is -1.36. The van der Waals surface area contributed by atoms with Crippen LogP contribution < -0.4 is 9.88 Å². The van der Waals surface area contributed by atoms with E-state index in [1.807, 2.05) is 41.2 Å². The Morgan fingerprint density at radius 2 is 2.12 bits per heavy atom. The maximum atomic E-state index is 12.4. The Hall–Kier alpha value is -2.13. The number of hydrogen-bond acceptors (Lipinski definition) is 4. The number of carbonyl (C=O) groups excluding carboxylic acids is 2. The van der Waals surface area contributed by atoms with Crippen LogP contribution in [0.5, 0.6) is 0 Å². The smallest absolute Gasteiger partial charge is 0.352 e. The van der Waals surface area contributed by atoms with E-state index < -0.39 is 17.9 Å². The number of hydrogen-bond donors (Lipinski definition) is 2. The number of carboxylic acids is 1. The summed E-state index contributed by atoms with van der Waals surface area (Å²) >= 11 is 4.49. The molecule has 0 saturated carbocycles. The molecule has 3 heterocycles. The van der Waals surface area contributed by atoms with Gasteiger partial charge in [0.25, 0.3) is 5.91 Å². The zero-order valence-electron chi connectivity index (χ0n) is 13.7. The number of β-lactam (4-membered cyclic amide) rings is 1. The molecule has 2 N–H and O–H groups in total. The predicted molar refractivity (Wildman–Crippen MR) is 99.3 cm³/mol. The molecule has 0 aromatic carbocycles. The molecule has 2 atom stereocenters. The lowest BCUT2D eigenvalue weighted by Gasteiger charge is -2.49. The quantitative estimate of drug-likeness (QED) is 0.386. The minimum Gasteiger partial charge on any atom is -0.477 e. The zero-order chi connectivity index (χ0) is 18.7. The van der Waals surface area contributed by atoms with Crippen molar-refractivity contribution in [2.24, 2.45) is 0 Å². The van der Waals surface area contributed by atoms with Gasteiger partial charge in [-0.3, -0.25) is 14.5 Å². The van der Waals surface area contributed by atoms with Crippen LogP contribution in [0.3, 0.4) is 0 Å². The number of halogens is 1. The van der Waals surface area contributed by atoms with Crippen molar-refractivity contribution in [3.63, 3.8) is 0 Å². The molecule has 2 aliphatic heterocycles. The van der Waals surface area contributed by atoms with Crippen molar-refractivity contribution in [1.29, 1.82) is 0 Å². The topological polar surface area (TPSA) is 90.6 Å². The lowest BCUT2D eigenvalue weighted by molar-refractivity contribution is -0.687. The highest BCUT2D eigenvalue weighted by Gasteiger charge is 2.53. The van der Waals surface area contributed by atoms with Gasteiger partial charge in [0.1, 0.15) is 17.1 Å². The van der Waals surface area contributed by atoms with E-state index in [9.17, 15) is 19.5 Å². The Balaban J connectivity index is 1.77. The van der Waals surface area contributed by atoms with Crippen LogP contribution >= 0.6 is 27.7 Å². The highest BCUT2D eigenvalue weighted by molar-refractivity contribution is 9.09. The number of carboxylic acid groups (broad SMARTS) is 1. The average molecular weight is 439 g/mol. The van der Waals surface area contributed by atoms with Crippen molar-refractivity contribution in [1.82, 2.24) is 10.2 Å². The molecule has 3 rings (SSSR count). The normalized spacial score (nSPS) is 22.2. The molecule has 9 heteroatoms. The van der Waals surface area contributed by atoms with Crippen molar-refractivity contribution in [3.8, 4) is 0 Å². The molecule has 136 valence electrons. The number of alkyl halides is 1. The molecule has 26 heavy (non-hydrogen) atoms. The summed E-state index contributed by atoms with van der Waals surface area (Å²) in [5.41, 5.74) is 0.589. The summed E-state index contributed by atoms with van der Waals surface area (Å²) < 4.78 is 1.96. The first-order chi connectivity index (χ1) is 12.5. The molecule has 1 fully saturated rings. The maximum absolute atomic E-state index is 12.4. The van der Waals surface area contributed by atoms with Gasteiger partial charge in [-0.05, 0) is 11.6 Å². The van der Waals surface area contributed by atoms with Crippen molar-refractivity contribution < 1.29 is 24.1 Å². The van der Waals surface area contributed by atoms with E-state index in [2.05, 4.69) is 21.2 Å². The molecule has 0 unspecified atom stereocenters. The minimum absolute atomic E-state index is 0.00240. The third kappa shape index (κ3) is 3.68.